The molecule has 2 rings (SSSR count). The summed E-state index contributed by atoms with van der Waals surface area (Å²) in [7, 11) is 0. The molecular weight excluding hydrogens is 296 g/mol. The number of aliphatic hydroxyl groups is 1. The third-order valence-electron chi connectivity index (χ3n) is 3.84. The van der Waals surface area contributed by atoms with Crippen LogP contribution in [0, 0.1) is 11.8 Å². The van der Waals surface area contributed by atoms with Crippen molar-refractivity contribution in [3.63, 3.8) is 0 Å². The van der Waals surface area contributed by atoms with Gasteiger partial charge in [0.1, 0.15) is 0 Å². The first-order chi connectivity index (χ1) is 9.91. The standard InChI is InChI=1S/C15H19ClO5/c1-8(9(2)15(18)19)13(17)10-6-11(16)14-12(7-10)20-4-3-5-21-14/h6-9,13,17H,3-5H2,1-2H3,(H,18,19). The molecule has 116 valence electrons. The summed E-state index contributed by atoms with van der Waals surface area (Å²) in [6.07, 6.45) is -0.180. The summed E-state index contributed by atoms with van der Waals surface area (Å²) in [5.41, 5.74) is 0.532. The second-order valence-electron chi connectivity index (χ2n) is 5.31. The van der Waals surface area contributed by atoms with Crippen molar-refractivity contribution in [1.29, 1.82) is 0 Å². The van der Waals surface area contributed by atoms with E-state index in [1.54, 1.807) is 26.0 Å². The molecule has 0 fully saturated rings. The summed E-state index contributed by atoms with van der Waals surface area (Å²) in [4.78, 5) is 11.0. The maximum atomic E-state index is 11.0. The molecule has 6 heteroatoms. The number of rotatable bonds is 4. The Bertz CT molecular complexity index is 531. The first-order valence-corrected chi connectivity index (χ1v) is 7.29. The Labute approximate surface area is 128 Å². The first-order valence-electron chi connectivity index (χ1n) is 6.91. The number of fused-ring (bicyclic) bond motifs is 1. The average Bonchev–Trinajstić information content (AvgIpc) is 2.70. The number of hydrogen-bond donors (Lipinski definition) is 2. The van der Waals surface area contributed by atoms with Crippen LogP contribution in [0.15, 0.2) is 12.1 Å². The molecule has 1 aromatic rings. The molecule has 0 radical (unpaired) electrons. The minimum atomic E-state index is -0.943. The molecule has 0 amide bonds. The highest BCUT2D eigenvalue weighted by Gasteiger charge is 2.28. The van der Waals surface area contributed by atoms with Gasteiger partial charge in [-0.1, -0.05) is 25.4 Å². The van der Waals surface area contributed by atoms with E-state index in [2.05, 4.69) is 0 Å². The fourth-order valence-electron chi connectivity index (χ4n) is 2.22. The van der Waals surface area contributed by atoms with Crippen molar-refractivity contribution >= 4 is 17.6 Å². The lowest BCUT2D eigenvalue weighted by atomic mass is 9.87. The van der Waals surface area contributed by atoms with Crippen LogP contribution in [-0.2, 0) is 4.79 Å². The lowest BCUT2D eigenvalue weighted by Crippen LogP contribution is -2.24. The Hall–Kier alpha value is -1.46. The molecule has 0 aliphatic carbocycles. The maximum Gasteiger partial charge on any atom is 0.306 e. The molecule has 5 nitrogen and oxygen atoms in total. The van der Waals surface area contributed by atoms with Gasteiger partial charge in [0.05, 0.1) is 30.3 Å². The van der Waals surface area contributed by atoms with E-state index < -0.39 is 23.9 Å². The van der Waals surface area contributed by atoms with Gasteiger partial charge in [-0.15, -0.1) is 0 Å². The van der Waals surface area contributed by atoms with Gasteiger partial charge in [-0.2, -0.15) is 0 Å². The Kier molecular flexibility index (Phi) is 4.96. The van der Waals surface area contributed by atoms with Crippen LogP contribution in [0.1, 0.15) is 31.9 Å². The van der Waals surface area contributed by atoms with Crippen LogP contribution in [0.2, 0.25) is 5.02 Å². The molecule has 1 aliphatic rings. The van der Waals surface area contributed by atoms with Crippen LogP contribution in [0.25, 0.3) is 0 Å². The summed E-state index contributed by atoms with van der Waals surface area (Å²) in [6, 6.07) is 3.27. The number of benzene rings is 1. The third-order valence-corrected chi connectivity index (χ3v) is 4.12. The van der Waals surface area contributed by atoms with Crippen LogP contribution in [0.4, 0.5) is 0 Å². The SMILES string of the molecule is CC(C(=O)O)C(C)C(O)c1cc(Cl)c2c(c1)OCCCO2. The van der Waals surface area contributed by atoms with Gasteiger partial charge in [-0.3, -0.25) is 4.79 Å². The van der Waals surface area contributed by atoms with Gasteiger partial charge in [0.15, 0.2) is 11.5 Å². The summed E-state index contributed by atoms with van der Waals surface area (Å²) in [6.45, 7) is 4.31. The maximum absolute atomic E-state index is 11.0. The zero-order valence-corrected chi connectivity index (χ0v) is 12.8. The van der Waals surface area contributed by atoms with Gasteiger partial charge in [-0.25, -0.2) is 0 Å². The van der Waals surface area contributed by atoms with Crippen molar-refractivity contribution in [1.82, 2.24) is 0 Å². The van der Waals surface area contributed by atoms with E-state index in [1.807, 2.05) is 0 Å². The van der Waals surface area contributed by atoms with E-state index in [-0.39, 0.29) is 0 Å². The zero-order chi connectivity index (χ0) is 15.6. The van der Waals surface area contributed by atoms with E-state index in [4.69, 9.17) is 26.2 Å². The molecule has 3 unspecified atom stereocenters. The average molecular weight is 315 g/mol. The Morgan fingerprint density at radius 3 is 2.62 bits per heavy atom. The number of aliphatic hydroxyl groups excluding tert-OH is 1. The number of hydrogen-bond acceptors (Lipinski definition) is 4. The minimum Gasteiger partial charge on any atom is -0.489 e. The number of carboxylic acids is 1. The highest BCUT2D eigenvalue weighted by molar-refractivity contribution is 6.32. The largest absolute Gasteiger partial charge is 0.489 e. The molecule has 0 spiro atoms. The van der Waals surface area contributed by atoms with Crippen LogP contribution < -0.4 is 9.47 Å². The van der Waals surface area contributed by atoms with Crippen molar-refractivity contribution in [2.24, 2.45) is 11.8 Å². The van der Waals surface area contributed by atoms with Crippen LogP contribution in [0.3, 0.4) is 0 Å². The smallest absolute Gasteiger partial charge is 0.306 e. The Morgan fingerprint density at radius 2 is 1.95 bits per heavy atom. The van der Waals surface area contributed by atoms with Gasteiger partial charge in [0.2, 0.25) is 0 Å². The second kappa shape index (κ2) is 6.54. The van der Waals surface area contributed by atoms with E-state index in [0.29, 0.717) is 35.3 Å². The van der Waals surface area contributed by atoms with Gasteiger partial charge >= 0.3 is 5.97 Å². The van der Waals surface area contributed by atoms with E-state index in [9.17, 15) is 9.90 Å². The number of aliphatic carboxylic acids is 1. The van der Waals surface area contributed by atoms with Crippen molar-refractivity contribution in [2.75, 3.05) is 13.2 Å². The molecule has 1 aliphatic heterocycles. The molecule has 3 atom stereocenters. The molecule has 0 saturated carbocycles. The monoisotopic (exact) mass is 314 g/mol. The van der Waals surface area contributed by atoms with Crippen molar-refractivity contribution < 1.29 is 24.5 Å². The third kappa shape index (κ3) is 3.41. The number of carboxylic acid groups (broad SMARTS) is 1. The highest BCUT2D eigenvalue weighted by atomic mass is 35.5. The minimum absolute atomic E-state index is 0.360. The fourth-order valence-corrected chi connectivity index (χ4v) is 2.50. The molecule has 2 N–H and O–H groups in total. The van der Waals surface area contributed by atoms with Crippen molar-refractivity contribution in [3.8, 4) is 11.5 Å². The van der Waals surface area contributed by atoms with E-state index >= 15 is 0 Å². The quantitative estimate of drug-likeness (QED) is 0.893. The predicted molar refractivity (Wildman–Crippen MR) is 78.0 cm³/mol. The predicted octanol–water partition coefficient (Wildman–Crippen LogP) is 2.89. The highest BCUT2D eigenvalue weighted by Crippen LogP contribution is 2.41. The van der Waals surface area contributed by atoms with Crippen molar-refractivity contribution in [3.05, 3.63) is 22.7 Å². The number of ether oxygens (including phenoxy) is 2. The molecule has 1 aromatic carbocycles. The molecule has 1 heterocycles. The summed E-state index contributed by atoms with van der Waals surface area (Å²) in [5.74, 6) is -1.10. The molecular formula is C15H19ClO5. The van der Waals surface area contributed by atoms with Crippen LogP contribution in [0.5, 0.6) is 11.5 Å². The van der Waals surface area contributed by atoms with Crippen LogP contribution >= 0.6 is 11.6 Å². The molecule has 0 aromatic heterocycles. The molecule has 21 heavy (non-hydrogen) atoms. The molecule has 0 bridgehead atoms. The lowest BCUT2D eigenvalue weighted by molar-refractivity contribution is -0.144. The summed E-state index contributed by atoms with van der Waals surface area (Å²) in [5, 5.41) is 19.8. The second-order valence-corrected chi connectivity index (χ2v) is 5.72. The summed E-state index contributed by atoms with van der Waals surface area (Å²) >= 11 is 6.18. The summed E-state index contributed by atoms with van der Waals surface area (Å²) < 4.78 is 11.1. The number of halogens is 1. The fraction of sp³-hybridized carbons (Fsp3) is 0.533. The van der Waals surface area contributed by atoms with Gasteiger partial charge in [-0.05, 0) is 23.6 Å². The number of carbonyl (C=O) groups is 1. The van der Waals surface area contributed by atoms with Gasteiger partial charge < -0.3 is 19.7 Å². The topological polar surface area (TPSA) is 76.0 Å². The Balaban J connectivity index is 2.30. The van der Waals surface area contributed by atoms with E-state index in [0.717, 1.165) is 6.42 Å². The first kappa shape index (κ1) is 15.9. The normalized spacial score (nSPS) is 18.5. The van der Waals surface area contributed by atoms with Crippen LogP contribution in [-0.4, -0.2) is 29.4 Å². The van der Waals surface area contributed by atoms with Crippen molar-refractivity contribution in [2.45, 2.75) is 26.4 Å². The van der Waals surface area contributed by atoms with Gasteiger partial charge in [0.25, 0.3) is 0 Å². The Morgan fingerprint density at radius 1 is 1.29 bits per heavy atom. The van der Waals surface area contributed by atoms with E-state index in [1.165, 1.54) is 0 Å². The lowest BCUT2D eigenvalue weighted by Gasteiger charge is -2.23. The van der Waals surface area contributed by atoms with Gasteiger partial charge in [0, 0.05) is 6.42 Å². The zero-order valence-electron chi connectivity index (χ0n) is 12.0. The molecule has 0 saturated heterocycles.